The number of anilines is 1. The number of nitrogens with zero attached hydrogens (tertiary/aromatic N) is 1. The van der Waals surface area contributed by atoms with Gasteiger partial charge in [-0.15, -0.1) is 11.3 Å². The molecule has 3 aliphatic heterocycles. The molecule has 0 saturated carbocycles. The first-order valence-corrected chi connectivity index (χ1v) is 10.1. The molecule has 1 atom stereocenters. The second-order valence-electron chi connectivity index (χ2n) is 7.15. The third-order valence-electron chi connectivity index (χ3n) is 5.66. The zero-order valence-electron chi connectivity index (χ0n) is 14.4. The van der Waals surface area contributed by atoms with E-state index in [0.717, 1.165) is 34.7 Å². The van der Waals surface area contributed by atoms with Crippen LogP contribution in [0.25, 0.3) is 0 Å². The summed E-state index contributed by atoms with van der Waals surface area (Å²) < 4.78 is 18.1. The quantitative estimate of drug-likeness (QED) is 0.619. The molecule has 0 saturated heterocycles. The van der Waals surface area contributed by atoms with Crippen LogP contribution in [-0.2, 0) is 12.0 Å². The van der Waals surface area contributed by atoms with E-state index in [4.69, 9.17) is 25.8 Å². The van der Waals surface area contributed by atoms with Crippen molar-refractivity contribution in [2.45, 2.75) is 12.0 Å². The summed E-state index contributed by atoms with van der Waals surface area (Å²) in [6.45, 7) is 2.61. The normalized spacial score (nSPS) is 21.4. The number of para-hydroxylation sites is 1. The van der Waals surface area contributed by atoms with Gasteiger partial charge in [0.15, 0.2) is 11.5 Å². The fraction of sp³-hybridized carbons (Fsp3) is 0.238. The fourth-order valence-electron chi connectivity index (χ4n) is 4.47. The Morgan fingerprint density at radius 3 is 2.67 bits per heavy atom. The average Bonchev–Trinajstić information content (AvgIpc) is 3.43. The van der Waals surface area contributed by atoms with Gasteiger partial charge in [-0.25, -0.2) is 0 Å². The Morgan fingerprint density at radius 1 is 0.963 bits per heavy atom. The van der Waals surface area contributed by atoms with Gasteiger partial charge in [0.2, 0.25) is 6.79 Å². The average molecular weight is 398 g/mol. The standard InChI is InChI=1S/C21H16ClNO3S/c22-20-6-5-13(27-20)9-23-10-21(14-3-1-2-4-16(14)23)11-24-17-8-19-18(7-15(17)21)25-12-26-19/h1-8H,9-12H2. The summed E-state index contributed by atoms with van der Waals surface area (Å²) in [6.07, 6.45) is 0. The molecule has 0 bridgehead atoms. The van der Waals surface area contributed by atoms with Crippen molar-refractivity contribution in [2.24, 2.45) is 0 Å². The second-order valence-corrected chi connectivity index (χ2v) is 8.95. The number of fused-ring (bicyclic) bond motifs is 5. The number of benzene rings is 2. The molecule has 4 nitrogen and oxygen atoms in total. The SMILES string of the molecule is Clc1ccc(CN2CC3(COc4cc5c(cc43)OCO5)c3ccccc32)s1. The van der Waals surface area contributed by atoms with Gasteiger partial charge in [-0.3, -0.25) is 0 Å². The minimum atomic E-state index is -0.187. The molecule has 3 aromatic rings. The third-order valence-corrected chi connectivity index (χ3v) is 6.88. The Labute approximate surface area is 165 Å². The summed E-state index contributed by atoms with van der Waals surface area (Å²) in [6, 6.07) is 16.8. The van der Waals surface area contributed by atoms with Crippen LogP contribution in [0.1, 0.15) is 16.0 Å². The Bertz CT molecular complexity index is 1070. The first-order chi connectivity index (χ1) is 13.2. The van der Waals surface area contributed by atoms with Crippen LogP contribution >= 0.6 is 22.9 Å². The highest BCUT2D eigenvalue weighted by Gasteiger charge is 2.50. The molecule has 6 heteroatoms. The molecule has 0 aliphatic carbocycles. The largest absolute Gasteiger partial charge is 0.492 e. The van der Waals surface area contributed by atoms with Gasteiger partial charge in [-0.05, 0) is 29.8 Å². The van der Waals surface area contributed by atoms with E-state index >= 15 is 0 Å². The molecule has 0 radical (unpaired) electrons. The fourth-order valence-corrected chi connectivity index (χ4v) is 5.57. The molecule has 1 unspecified atom stereocenters. The highest BCUT2D eigenvalue weighted by Crippen LogP contribution is 2.54. The molecule has 2 aromatic carbocycles. The van der Waals surface area contributed by atoms with E-state index in [1.54, 1.807) is 11.3 Å². The highest BCUT2D eigenvalue weighted by atomic mass is 35.5. The zero-order chi connectivity index (χ0) is 18.0. The molecule has 6 rings (SSSR count). The van der Waals surface area contributed by atoms with Gasteiger partial charge in [0.1, 0.15) is 12.4 Å². The van der Waals surface area contributed by atoms with Crippen LogP contribution < -0.4 is 19.1 Å². The van der Waals surface area contributed by atoms with Gasteiger partial charge in [-0.2, -0.15) is 0 Å². The Balaban J connectivity index is 1.46. The van der Waals surface area contributed by atoms with Gasteiger partial charge < -0.3 is 19.1 Å². The minimum absolute atomic E-state index is 0.187. The number of halogens is 1. The zero-order valence-corrected chi connectivity index (χ0v) is 16.0. The molecule has 3 aliphatic rings. The van der Waals surface area contributed by atoms with Gasteiger partial charge in [0.25, 0.3) is 0 Å². The summed E-state index contributed by atoms with van der Waals surface area (Å²) in [4.78, 5) is 3.69. The molecule has 4 heterocycles. The Hall–Kier alpha value is -2.37. The molecule has 0 fully saturated rings. The van der Waals surface area contributed by atoms with E-state index in [1.807, 2.05) is 12.1 Å². The summed E-state index contributed by atoms with van der Waals surface area (Å²) in [5.74, 6) is 2.47. The van der Waals surface area contributed by atoms with E-state index in [2.05, 4.69) is 41.3 Å². The van der Waals surface area contributed by atoms with E-state index in [-0.39, 0.29) is 12.2 Å². The number of ether oxygens (including phenoxy) is 3. The van der Waals surface area contributed by atoms with E-state index in [0.29, 0.717) is 6.61 Å². The van der Waals surface area contributed by atoms with Crippen LogP contribution in [-0.4, -0.2) is 19.9 Å². The summed E-state index contributed by atoms with van der Waals surface area (Å²) >= 11 is 7.78. The van der Waals surface area contributed by atoms with E-state index in [9.17, 15) is 0 Å². The predicted octanol–water partition coefficient (Wildman–Crippen LogP) is 4.83. The molecule has 1 spiro atoms. The monoisotopic (exact) mass is 397 g/mol. The van der Waals surface area contributed by atoms with Crippen molar-refractivity contribution in [1.82, 2.24) is 0 Å². The van der Waals surface area contributed by atoms with Crippen LogP contribution in [0.15, 0.2) is 48.5 Å². The van der Waals surface area contributed by atoms with E-state index < -0.39 is 0 Å². The Kier molecular flexibility index (Phi) is 3.23. The summed E-state index contributed by atoms with van der Waals surface area (Å²) in [7, 11) is 0. The van der Waals surface area contributed by atoms with Gasteiger partial charge in [0, 0.05) is 28.7 Å². The van der Waals surface area contributed by atoms with Crippen LogP contribution in [0.4, 0.5) is 5.69 Å². The molecular weight excluding hydrogens is 382 g/mol. The minimum Gasteiger partial charge on any atom is -0.492 e. The van der Waals surface area contributed by atoms with Gasteiger partial charge in [-0.1, -0.05) is 29.8 Å². The number of thiophene rings is 1. The van der Waals surface area contributed by atoms with Crippen LogP contribution in [0.2, 0.25) is 4.34 Å². The molecular formula is C21H16ClNO3S. The summed E-state index contributed by atoms with van der Waals surface area (Å²) in [5.41, 5.74) is 3.57. The maximum atomic E-state index is 6.14. The lowest BCUT2D eigenvalue weighted by Crippen LogP contribution is -2.35. The third kappa shape index (κ3) is 2.22. The van der Waals surface area contributed by atoms with Crippen molar-refractivity contribution >= 4 is 28.6 Å². The smallest absolute Gasteiger partial charge is 0.231 e. The van der Waals surface area contributed by atoms with Crippen LogP contribution in [0, 0.1) is 0 Å². The van der Waals surface area contributed by atoms with Crippen molar-refractivity contribution in [3.63, 3.8) is 0 Å². The number of hydrogen-bond donors (Lipinski definition) is 0. The number of hydrogen-bond acceptors (Lipinski definition) is 5. The molecule has 27 heavy (non-hydrogen) atoms. The van der Waals surface area contributed by atoms with Crippen molar-refractivity contribution in [2.75, 3.05) is 24.8 Å². The highest BCUT2D eigenvalue weighted by molar-refractivity contribution is 7.16. The second kappa shape index (κ2) is 5.57. The first-order valence-electron chi connectivity index (χ1n) is 8.89. The first kappa shape index (κ1) is 15.7. The lowest BCUT2D eigenvalue weighted by atomic mass is 9.77. The molecule has 1 aromatic heterocycles. The summed E-state index contributed by atoms with van der Waals surface area (Å²) in [5, 5.41) is 0. The molecule has 136 valence electrons. The van der Waals surface area contributed by atoms with Crippen molar-refractivity contribution in [3.05, 3.63) is 68.9 Å². The van der Waals surface area contributed by atoms with Crippen molar-refractivity contribution in [1.29, 1.82) is 0 Å². The van der Waals surface area contributed by atoms with Gasteiger partial charge in [0.05, 0.1) is 16.3 Å². The maximum absolute atomic E-state index is 6.14. The van der Waals surface area contributed by atoms with Crippen LogP contribution in [0.3, 0.4) is 0 Å². The topological polar surface area (TPSA) is 30.9 Å². The Morgan fingerprint density at radius 2 is 1.81 bits per heavy atom. The van der Waals surface area contributed by atoms with Gasteiger partial charge >= 0.3 is 0 Å². The van der Waals surface area contributed by atoms with E-state index in [1.165, 1.54) is 21.7 Å². The lowest BCUT2D eigenvalue weighted by Gasteiger charge is -2.25. The van der Waals surface area contributed by atoms with Crippen LogP contribution in [0.5, 0.6) is 17.2 Å². The number of rotatable bonds is 2. The lowest BCUT2D eigenvalue weighted by molar-refractivity contribution is 0.173. The van der Waals surface area contributed by atoms with Crippen molar-refractivity contribution < 1.29 is 14.2 Å². The molecule has 0 amide bonds. The predicted molar refractivity (Wildman–Crippen MR) is 106 cm³/mol. The molecule has 0 N–H and O–H groups in total. The van der Waals surface area contributed by atoms with Crippen molar-refractivity contribution in [3.8, 4) is 17.2 Å². The maximum Gasteiger partial charge on any atom is 0.231 e.